The van der Waals surface area contributed by atoms with Gasteiger partial charge in [-0.1, -0.05) is 18.2 Å². The Kier molecular flexibility index (Phi) is 5.53. The summed E-state index contributed by atoms with van der Waals surface area (Å²) in [4.78, 5) is 23.8. The van der Waals surface area contributed by atoms with Crippen LogP contribution in [-0.4, -0.2) is 47.6 Å². The predicted octanol–water partition coefficient (Wildman–Crippen LogP) is 3.67. The van der Waals surface area contributed by atoms with Crippen molar-refractivity contribution in [1.82, 2.24) is 14.9 Å². The number of hydrogen-bond acceptors (Lipinski definition) is 5. The number of nitrogens with zero attached hydrogens (tertiary/aromatic N) is 3. The standard InChI is InChI=1S/C23H23N3O3/c1-16-8-9-20(28-2)22(25-16)17-5-3-6-18(13-17)23(27)26-11-12-29-21(15-26)19-7-4-10-24-14-19/h3-10,13-14,21H,11-12,15H2,1-2H3. The SMILES string of the molecule is COc1ccc(C)nc1-c1cccc(C(=O)N2CCOC(c3cccnc3)C2)c1. The van der Waals surface area contributed by atoms with Gasteiger partial charge in [0, 0.05) is 41.3 Å². The molecule has 2 aromatic heterocycles. The van der Waals surface area contributed by atoms with Gasteiger partial charge in [0.05, 0.1) is 20.3 Å². The molecular weight excluding hydrogens is 366 g/mol. The van der Waals surface area contributed by atoms with Crippen molar-refractivity contribution in [2.24, 2.45) is 0 Å². The Morgan fingerprint density at radius 1 is 1.21 bits per heavy atom. The predicted molar refractivity (Wildman–Crippen MR) is 110 cm³/mol. The van der Waals surface area contributed by atoms with Gasteiger partial charge in [0.1, 0.15) is 17.5 Å². The summed E-state index contributed by atoms with van der Waals surface area (Å²) in [6.07, 6.45) is 3.35. The topological polar surface area (TPSA) is 64.5 Å². The molecule has 0 aliphatic carbocycles. The third kappa shape index (κ3) is 4.12. The molecule has 0 N–H and O–H groups in total. The number of rotatable bonds is 4. The van der Waals surface area contributed by atoms with Crippen LogP contribution < -0.4 is 4.74 Å². The molecule has 1 amide bonds. The molecule has 1 atom stereocenters. The molecular formula is C23H23N3O3. The lowest BCUT2D eigenvalue weighted by Gasteiger charge is -2.33. The van der Waals surface area contributed by atoms with Crippen molar-refractivity contribution in [2.75, 3.05) is 26.8 Å². The molecule has 3 heterocycles. The molecule has 1 fully saturated rings. The van der Waals surface area contributed by atoms with Crippen molar-refractivity contribution in [3.05, 3.63) is 77.7 Å². The van der Waals surface area contributed by atoms with Gasteiger partial charge in [-0.3, -0.25) is 9.78 Å². The summed E-state index contributed by atoms with van der Waals surface area (Å²) < 4.78 is 11.3. The third-order valence-electron chi connectivity index (χ3n) is 5.01. The van der Waals surface area contributed by atoms with Crippen LogP contribution >= 0.6 is 0 Å². The number of pyridine rings is 2. The van der Waals surface area contributed by atoms with Crippen LogP contribution in [0.15, 0.2) is 60.9 Å². The van der Waals surface area contributed by atoms with E-state index in [9.17, 15) is 4.79 Å². The van der Waals surface area contributed by atoms with E-state index in [1.165, 1.54) is 0 Å². The third-order valence-corrected chi connectivity index (χ3v) is 5.01. The molecule has 148 valence electrons. The van der Waals surface area contributed by atoms with E-state index in [4.69, 9.17) is 9.47 Å². The summed E-state index contributed by atoms with van der Waals surface area (Å²) in [6.45, 7) is 3.50. The molecule has 1 unspecified atom stereocenters. The Balaban J connectivity index is 1.58. The summed E-state index contributed by atoms with van der Waals surface area (Å²) in [7, 11) is 1.62. The first-order valence-electron chi connectivity index (χ1n) is 9.58. The van der Waals surface area contributed by atoms with Crippen LogP contribution in [0, 0.1) is 6.92 Å². The number of ether oxygens (including phenoxy) is 2. The van der Waals surface area contributed by atoms with E-state index in [1.54, 1.807) is 19.5 Å². The Bertz CT molecular complexity index is 1010. The lowest BCUT2D eigenvalue weighted by molar-refractivity contribution is -0.0229. The molecule has 3 aromatic rings. The number of hydrogen-bond donors (Lipinski definition) is 0. The van der Waals surface area contributed by atoms with Crippen LogP contribution in [0.4, 0.5) is 0 Å². The number of carbonyl (C=O) groups excluding carboxylic acids is 1. The number of amides is 1. The van der Waals surface area contributed by atoms with Gasteiger partial charge in [0.15, 0.2) is 0 Å². The quantitative estimate of drug-likeness (QED) is 0.681. The van der Waals surface area contributed by atoms with Gasteiger partial charge in [-0.05, 0) is 37.3 Å². The normalized spacial score (nSPS) is 16.5. The van der Waals surface area contributed by atoms with Crippen molar-refractivity contribution in [1.29, 1.82) is 0 Å². The fourth-order valence-corrected chi connectivity index (χ4v) is 3.50. The summed E-state index contributed by atoms with van der Waals surface area (Å²) >= 11 is 0. The minimum atomic E-state index is -0.164. The summed E-state index contributed by atoms with van der Waals surface area (Å²) in [5.41, 5.74) is 4.09. The maximum Gasteiger partial charge on any atom is 0.254 e. The van der Waals surface area contributed by atoms with Crippen LogP contribution in [0.2, 0.25) is 0 Å². The highest BCUT2D eigenvalue weighted by molar-refractivity contribution is 5.95. The maximum absolute atomic E-state index is 13.2. The first kappa shape index (κ1) is 19.1. The van der Waals surface area contributed by atoms with Crippen molar-refractivity contribution in [3.63, 3.8) is 0 Å². The number of methoxy groups -OCH3 is 1. The molecule has 0 spiro atoms. The van der Waals surface area contributed by atoms with E-state index < -0.39 is 0 Å². The van der Waals surface area contributed by atoms with E-state index in [0.717, 1.165) is 22.5 Å². The van der Waals surface area contributed by atoms with E-state index in [0.29, 0.717) is 31.0 Å². The molecule has 1 aromatic carbocycles. The van der Waals surface area contributed by atoms with Crippen molar-refractivity contribution >= 4 is 5.91 Å². The molecule has 0 saturated carbocycles. The summed E-state index contributed by atoms with van der Waals surface area (Å²) in [5, 5.41) is 0. The van der Waals surface area contributed by atoms with Gasteiger partial charge < -0.3 is 14.4 Å². The van der Waals surface area contributed by atoms with E-state index in [2.05, 4.69) is 9.97 Å². The zero-order valence-corrected chi connectivity index (χ0v) is 16.5. The van der Waals surface area contributed by atoms with Crippen LogP contribution in [0.3, 0.4) is 0 Å². The largest absolute Gasteiger partial charge is 0.494 e. The van der Waals surface area contributed by atoms with Crippen molar-refractivity contribution < 1.29 is 14.3 Å². The van der Waals surface area contributed by atoms with Crippen molar-refractivity contribution in [3.8, 4) is 17.0 Å². The molecule has 1 aliphatic rings. The van der Waals surface area contributed by atoms with Gasteiger partial charge in [0.2, 0.25) is 0 Å². The number of aryl methyl sites for hydroxylation is 1. The van der Waals surface area contributed by atoms with E-state index in [-0.39, 0.29) is 12.0 Å². The Labute approximate surface area is 170 Å². The molecule has 1 saturated heterocycles. The molecule has 6 nitrogen and oxygen atoms in total. The first-order valence-corrected chi connectivity index (χ1v) is 9.58. The lowest BCUT2D eigenvalue weighted by atomic mass is 10.0. The minimum absolute atomic E-state index is 0.0179. The number of benzene rings is 1. The van der Waals surface area contributed by atoms with E-state index in [1.807, 2.05) is 60.4 Å². The molecule has 6 heteroatoms. The lowest BCUT2D eigenvalue weighted by Crippen LogP contribution is -2.42. The van der Waals surface area contributed by atoms with Crippen molar-refractivity contribution in [2.45, 2.75) is 13.0 Å². The second-order valence-electron chi connectivity index (χ2n) is 6.98. The summed E-state index contributed by atoms with van der Waals surface area (Å²) in [5.74, 6) is 0.666. The number of aromatic nitrogens is 2. The average Bonchev–Trinajstić information content (AvgIpc) is 2.79. The second kappa shape index (κ2) is 8.41. The highest BCUT2D eigenvalue weighted by atomic mass is 16.5. The zero-order chi connectivity index (χ0) is 20.2. The smallest absolute Gasteiger partial charge is 0.254 e. The van der Waals surface area contributed by atoms with Crippen LogP contribution in [0.5, 0.6) is 5.75 Å². The fraction of sp³-hybridized carbons (Fsp3) is 0.261. The van der Waals surface area contributed by atoms with Gasteiger partial charge in [-0.15, -0.1) is 0 Å². The summed E-state index contributed by atoms with van der Waals surface area (Å²) in [6, 6.07) is 15.2. The highest BCUT2D eigenvalue weighted by Gasteiger charge is 2.26. The first-order chi connectivity index (χ1) is 14.2. The van der Waals surface area contributed by atoms with Gasteiger partial charge >= 0.3 is 0 Å². The molecule has 29 heavy (non-hydrogen) atoms. The Morgan fingerprint density at radius 2 is 2.10 bits per heavy atom. The Morgan fingerprint density at radius 3 is 2.90 bits per heavy atom. The van der Waals surface area contributed by atoms with Crippen LogP contribution in [0.25, 0.3) is 11.3 Å². The maximum atomic E-state index is 13.2. The number of carbonyl (C=O) groups is 1. The minimum Gasteiger partial charge on any atom is -0.494 e. The second-order valence-corrected chi connectivity index (χ2v) is 6.98. The van der Waals surface area contributed by atoms with Gasteiger partial charge in [-0.2, -0.15) is 0 Å². The highest BCUT2D eigenvalue weighted by Crippen LogP contribution is 2.29. The van der Waals surface area contributed by atoms with Gasteiger partial charge in [-0.25, -0.2) is 4.98 Å². The van der Waals surface area contributed by atoms with Crippen LogP contribution in [-0.2, 0) is 4.74 Å². The van der Waals surface area contributed by atoms with E-state index >= 15 is 0 Å². The monoisotopic (exact) mass is 389 g/mol. The van der Waals surface area contributed by atoms with Gasteiger partial charge in [0.25, 0.3) is 5.91 Å². The Hall–Kier alpha value is -3.25. The zero-order valence-electron chi connectivity index (χ0n) is 16.5. The fourth-order valence-electron chi connectivity index (χ4n) is 3.50. The molecule has 0 bridgehead atoms. The molecule has 1 aliphatic heterocycles. The molecule has 4 rings (SSSR count). The molecule has 0 radical (unpaired) electrons. The average molecular weight is 389 g/mol. The number of morpholine rings is 1. The van der Waals surface area contributed by atoms with Crippen LogP contribution in [0.1, 0.15) is 27.7 Å².